The molecule has 0 bridgehead atoms. The summed E-state index contributed by atoms with van der Waals surface area (Å²) in [4.78, 5) is 15.5. The minimum absolute atomic E-state index is 0.00781. The van der Waals surface area contributed by atoms with Crippen LogP contribution in [-0.2, 0) is 0 Å². The van der Waals surface area contributed by atoms with Crippen molar-refractivity contribution >= 4 is 43.5 Å². The number of nitrogens with zero attached hydrogens (tertiary/aromatic N) is 3. The van der Waals surface area contributed by atoms with Crippen molar-refractivity contribution in [1.29, 1.82) is 0 Å². The van der Waals surface area contributed by atoms with E-state index in [2.05, 4.69) is 91.0 Å². The number of fused-ring (bicyclic) bond motifs is 5. The Hall–Kier alpha value is -7.69. The van der Waals surface area contributed by atoms with Gasteiger partial charge in [-0.2, -0.15) is 0 Å². The molecule has 266 valence electrons. The maximum absolute atomic E-state index is 9.40. The second kappa shape index (κ2) is 13.6. The maximum atomic E-state index is 9.40. The summed E-state index contributed by atoms with van der Waals surface area (Å²) in [5.74, 6) is 1.03. The van der Waals surface area contributed by atoms with Crippen molar-refractivity contribution in [3.05, 3.63) is 200 Å². The quantitative estimate of drug-likeness (QED) is 0.171. The fourth-order valence-corrected chi connectivity index (χ4v) is 7.81. The van der Waals surface area contributed by atoms with Crippen molar-refractivity contribution in [3.8, 4) is 67.5 Å². The molecule has 0 radical (unpaired) electrons. The predicted molar refractivity (Wildman–Crippen MR) is 235 cm³/mol. The molecule has 4 heteroatoms. The van der Waals surface area contributed by atoms with Crippen LogP contribution in [0, 0.1) is 0 Å². The SMILES string of the molecule is [2H]c1cc2c(oc3c([2H])cc([2H])c(-c4nc(-c5ccc6ccccc6c5)nc(-c5ccc(-c6cccc7ccccc67)cc5-c5ccccc5)n4)c32)c([2H])c1-c1ccccc1. The van der Waals surface area contributed by atoms with Gasteiger partial charge in [-0.25, -0.2) is 15.0 Å². The lowest BCUT2D eigenvalue weighted by molar-refractivity contribution is 0.669. The van der Waals surface area contributed by atoms with Crippen LogP contribution < -0.4 is 0 Å². The van der Waals surface area contributed by atoms with Crippen molar-refractivity contribution in [3.63, 3.8) is 0 Å². The van der Waals surface area contributed by atoms with Gasteiger partial charge in [0.25, 0.3) is 0 Å². The lowest BCUT2D eigenvalue weighted by Gasteiger charge is -2.15. The highest BCUT2D eigenvalue weighted by atomic mass is 16.3. The van der Waals surface area contributed by atoms with Gasteiger partial charge in [-0.1, -0.05) is 164 Å². The molecule has 11 rings (SSSR count). The Balaban J connectivity index is 1.19. The van der Waals surface area contributed by atoms with Crippen molar-refractivity contribution in [1.82, 2.24) is 15.0 Å². The van der Waals surface area contributed by atoms with Gasteiger partial charge in [0, 0.05) is 27.5 Å². The van der Waals surface area contributed by atoms with Crippen LogP contribution in [0.3, 0.4) is 0 Å². The molecule has 4 nitrogen and oxygen atoms in total. The van der Waals surface area contributed by atoms with Crippen LogP contribution >= 0.6 is 0 Å². The van der Waals surface area contributed by atoms with Crippen molar-refractivity contribution < 1.29 is 9.90 Å². The maximum Gasteiger partial charge on any atom is 0.164 e. The predicted octanol–water partition coefficient (Wildman–Crippen LogP) is 14.1. The molecule has 0 fully saturated rings. The van der Waals surface area contributed by atoms with Crippen LogP contribution in [0.1, 0.15) is 5.48 Å². The second-order valence-electron chi connectivity index (χ2n) is 14.0. The summed E-state index contributed by atoms with van der Waals surface area (Å²) in [6.07, 6.45) is 0. The van der Waals surface area contributed by atoms with Gasteiger partial charge in [-0.05, 0) is 91.3 Å². The van der Waals surface area contributed by atoms with Gasteiger partial charge in [0.2, 0.25) is 0 Å². The fraction of sp³-hybridized carbons (Fsp3) is 0. The van der Waals surface area contributed by atoms with Gasteiger partial charge in [0.15, 0.2) is 17.5 Å². The molecule has 0 spiro atoms. The highest BCUT2D eigenvalue weighted by Gasteiger charge is 2.21. The van der Waals surface area contributed by atoms with E-state index in [0.29, 0.717) is 33.5 Å². The molecule has 0 N–H and O–H groups in total. The number of hydrogen-bond donors (Lipinski definition) is 0. The molecule has 0 amide bonds. The first kappa shape index (κ1) is 28.7. The third-order valence-corrected chi connectivity index (χ3v) is 10.6. The van der Waals surface area contributed by atoms with Crippen LogP contribution in [0.15, 0.2) is 205 Å². The molecule has 0 atom stereocenters. The van der Waals surface area contributed by atoms with Gasteiger partial charge < -0.3 is 4.42 Å². The minimum Gasteiger partial charge on any atom is -0.456 e. The first-order valence-electron chi connectivity index (χ1n) is 20.9. The Morgan fingerprint density at radius 3 is 1.88 bits per heavy atom. The zero-order chi connectivity index (χ0) is 41.2. The Kier molecular flexibility index (Phi) is 6.83. The molecule has 57 heavy (non-hydrogen) atoms. The first-order chi connectivity index (χ1) is 29.9. The molecular weight excluding hydrogens is 695 g/mol. The second-order valence-corrected chi connectivity index (χ2v) is 14.0. The van der Waals surface area contributed by atoms with Crippen molar-refractivity contribution in [2.24, 2.45) is 0 Å². The Morgan fingerprint density at radius 1 is 0.351 bits per heavy atom. The van der Waals surface area contributed by atoms with Crippen molar-refractivity contribution in [2.45, 2.75) is 0 Å². The molecule has 11 aromatic rings. The molecule has 0 saturated heterocycles. The Morgan fingerprint density at radius 2 is 1.04 bits per heavy atom. The molecule has 2 heterocycles. The number of rotatable bonds is 6. The van der Waals surface area contributed by atoms with Crippen LogP contribution in [0.25, 0.3) is 111 Å². The normalized spacial score (nSPS) is 12.5. The summed E-state index contributed by atoms with van der Waals surface area (Å²) in [5, 5.41) is 5.26. The van der Waals surface area contributed by atoms with Crippen LogP contribution in [-0.4, -0.2) is 15.0 Å². The van der Waals surface area contributed by atoms with E-state index in [1.54, 1.807) is 6.07 Å². The highest BCUT2D eigenvalue weighted by Crippen LogP contribution is 2.41. The summed E-state index contributed by atoms with van der Waals surface area (Å²) in [5.41, 5.74) is 7.48. The minimum atomic E-state index is -0.00781. The molecule has 9 aromatic carbocycles. The van der Waals surface area contributed by atoms with E-state index >= 15 is 0 Å². The van der Waals surface area contributed by atoms with E-state index in [0.717, 1.165) is 60.5 Å². The molecule has 0 aliphatic rings. The van der Waals surface area contributed by atoms with Crippen LogP contribution in [0.5, 0.6) is 0 Å². The van der Waals surface area contributed by atoms with Gasteiger partial charge in [0.1, 0.15) is 11.2 Å². The Labute approximate surface area is 335 Å². The van der Waals surface area contributed by atoms with Crippen LogP contribution in [0.2, 0.25) is 0 Å². The fourth-order valence-electron chi connectivity index (χ4n) is 7.81. The summed E-state index contributed by atoms with van der Waals surface area (Å²) < 4.78 is 43.1. The van der Waals surface area contributed by atoms with E-state index in [-0.39, 0.29) is 41.2 Å². The average Bonchev–Trinajstić information content (AvgIpc) is 3.68. The number of hydrogen-bond acceptors (Lipinski definition) is 4. The third-order valence-electron chi connectivity index (χ3n) is 10.6. The third kappa shape index (κ3) is 5.83. The lowest BCUT2D eigenvalue weighted by atomic mass is 9.92. The molecular formula is C53H33N3O. The molecule has 0 aliphatic carbocycles. The molecule has 2 aromatic heterocycles. The Bertz CT molecular complexity index is 3530. The van der Waals surface area contributed by atoms with E-state index in [1.807, 2.05) is 72.8 Å². The molecule has 0 saturated carbocycles. The van der Waals surface area contributed by atoms with E-state index in [9.17, 15) is 2.74 Å². The first-order valence-corrected chi connectivity index (χ1v) is 18.9. The standard InChI is InChI=1S/C53H33N3O/c1-3-13-34(14-4-1)39-27-30-45-49(33-39)57-48-24-12-23-46(50(45)48)53-55-51(41-26-25-35-15-7-8-19-38(35)31-41)54-52(56-53)44-29-28-40(32-47(44)37-16-5-2-6-17-37)43-22-11-20-36-18-9-10-21-42(36)43/h1-33H/i23D,24D,27D,33D. The van der Waals surface area contributed by atoms with E-state index < -0.39 is 0 Å². The van der Waals surface area contributed by atoms with Crippen molar-refractivity contribution in [2.75, 3.05) is 0 Å². The number of benzene rings is 9. The molecule has 0 aliphatic heterocycles. The summed E-state index contributed by atoms with van der Waals surface area (Å²) >= 11 is 0. The largest absolute Gasteiger partial charge is 0.456 e. The monoisotopic (exact) mass is 731 g/mol. The highest BCUT2D eigenvalue weighted by molar-refractivity contribution is 6.12. The van der Waals surface area contributed by atoms with Gasteiger partial charge in [0.05, 0.1) is 5.48 Å². The molecule has 0 unspecified atom stereocenters. The van der Waals surface area contributed by atoms with Gasteiger partial charge in [-0.15, -0.1) is 0 Å². The summed E-state index contributed by atoms with van der Waals surface area (Å²) in [6, 6.07) is 58.1. The zero-order valence-electron chi connectivity index (χ0n) is 34.5. The zero-order valence-corrected chi connectivity index (χ0v) is 30.5. The van der Waals surface area contributed by atoms with E-state index in [4.69, 9.17) is 22.1 Å². The van der Waals surface area contributed by atoms with Gasteiger partial charge in [-0.3, -0.25) is 0 Å². The average molecular weight is 732 g/mol. The summed E-state index contributed by atoms with van der Waals surface area (Å²) in [6.45, 7) is 0. The van der Waals surface area contributed by atoms with Crippen LogP contribution in [0.4, 0.5) is 0 Å². The van der Waals surface area contributed by atoms with Gasteiger partial charge >= 0.3 is 0 Å². The summed E-state index contributed by atoms with van der Waals surface area (Å²) in [7, 11) is 0. The lowest BCUT2D eigenvalue weighted by Crippen LogP contribution is -2.01. The number of furan rings is 1. The topological polar surface area (TPSA) is 51.8 Å². The number of aromatic nitrogens is 3. The smallest absolute Gasteiger partial charge is 0.164 e. The van der Waals surface area contributed by atoms with E-state index in [1.165, 1.54) is 6.07 Å².